The molecule has 0 bridgehead atoms. The highest BCUT2D eigenvalue weighted by molar-refractivity contribution is 7.98. The van der Waals surface area contributed by atoms with Gasteiger partial charge in [0, 0.05) is 10.6 Å². The van der Waals surface area contributed by atoms with Crippen molar-refractivity contribution in [2.24, 2.45) is 0 Å². The maximum Gasteiger partial charge on any atom is 0.338 e. The van der Waals surface area contributed by atoms with Crippen LogP contribution in [-0.2, 0) is 9.53 Å². The highest BCUT2D eigenvalue weighted by Crippen LogP contribution is 2.28. The molecule has 0 spiro atoms. The van der Waals surface area contributed by atoms with Crippen molar-refractivity contribution in [1.29, 1.82) is 0 Å². The maximum absolute atomic E-state index is 12.3. The van der Waals surface area contributed by atoms with Crippen LogP contribution in [0.1, 0.15) is 18.5 Å². The summed E-state index contributed by atoms with van der Waals surface area (Å²) in [6.45, 7) is 5.34. The number of urea groups is 1. The van der Waals surface area contributed by atoms with Gasteiger partial charge in [0.05, 0.1) is 11.6 Å². The summed E-state index contributed by atoms with van der Waals surface area (Å²) in [5.41, 5.74) is 1.73. The third-order valence-corrected chi connectivity index (χ3v) is 4.01. The van der Waals surface area contributed by atoms with Crippen molar-refractivity contribution in [3.8, 4) is 0 Å². The van der Waals surface area contributed by atoms with Gasteiger partial charge in [-0.3, -0.25) is 0 Å². The molecule has 2 rings (SSSR count). The van der Waals surface area contributed by atoms with Crippen molar-refractivity contribution in [3.63, 3.8) is 0 Å². The van der Waals surface area contributed by atoms with Gasteiger partial charge >= 0.3 is 12.0 Å². The molecule has 1 unspecified atom stereocenters. The molecular formula is C16H18N2O3S. The lowest BCUT2D eigenvalue weighted by Gasteiger charge is -2.28. The van der Waals surface area contributed by atoms with Crippen LogP contribution in [-0.4, -0.2) is 24.9 Å². The van der Waals surface area contributed by atoms with E-state index in [-0.39, 0.29) is 12.6 Å². The summed E-state index contributed by atoms with van der Waals surface area (Å²) in [7, 11) is 0. The molecule has 6 heteroatoms. The second kappa shape index (κ2) is 7.17. The van der Waals surface area contributed by atoms with Crippen molar-refractivity contribution in [3.05, 3.63) is 53.8 Å². The molecule has 0 saturated carbocycles. The first-order valence-corrected chi connectivity index (χ1v) is 7.99. The van der Waals surface area contributed by atoms with Crippen LogP contribution in [0.3, 0.4) is 0 Å². The van der Waals surface area contributed by atoms with Gasteiger partial charge in [-0.05, 0) is 30.9 Å². The van der Waals surface area contributed by atoms with Crippen LogP contribution in [0.4, 0.5) is 4.79 Å². The molecule has 1 aromatic carbocycles. The average molecular weight is 318 g/mol. The van der Waals surface area contributed by atoms with Gasteiger partial charge in [-0.15, -0.1) is 11.8 Å². The number of allylic oxidation sites excluding steroid dienone is 1. The fourth-order valence-electron chi connectivity index (χ4n) is 2.22. The Hall–Kier alpha value is -2.21. The Balaban J connectivity index is 2.36. The number of benzene rings is 1. The zero-order chi connectivity index (χ0) is 16.1. The van der Waals surface area contributed by atoms with Gasteiger partial charge < -0.3 is 15.4 Å². The summed E-state index contributed by atoms with van der Waals surface area (Å²) >= 11 is 1.63. The number of hydrogen-bond acceptors (Lipinski definition) is 4. The molecule has 0 aromatic heterocycles. The van der Waals surface area contributed by atoms with E-state index in [4.69, 9.17) is 4.74 Å². The van der Waals surface area contributed by atoms with Crippen LogP contribution < -0.4 is 10.6 Å². The van der Waals surface area contributed by atoms with Crippen LogP contribution in [0.2, 0.25) is 0 Å². The van der Waals surface area contributed by atoms with Crippen molar-refractivity contribution in [2.45, 2.75) is 17.9 Å². The first-order valence-electron chi connectivity index (χ1n) is 6.77. The van der Waals surface area contributed by atoms with E-state index in [9.17, 15) is 9.59 Å². The minimum atomic E-state index is -0.526. The predicted octanol–water partition coefficient (Wildman–Crippen LogP) is 2.77. The molecule has 0 saturated heterocycles. The van der Waals surface area contributed by atoms with Crippen molar-refractivity contribution in [2.75, 3.05) is 12.9 Å². The lowest BCUT2D eigenvalue weighted by Crippen LogP contribution is -2.45. The fraction of sp³-hybridized carbons (Fsp3) is 0.250. The lowest BCUT2D eigenvalue weighted by atomic mass is 9.96. The molecule has 22 heavy (non-hydrogen) atoms. The van der Waals surface area contributed by atoms with E-state index < -0.39 is 12.0 Å². The molecule has 2 N–H and O–H groups in total. The summed E-state index contributed by atoms with van der Waals surface area (Å²) in [5.74, 6) is -0.469. The molecule has 116 valence electrons. The van der Waals surface area contributed by atoms with E-state index in [1.54, 1.807) is 18.7 Å². The molecule has 1 aromatic rings. The van der Waals surface area contributed by atoms with Crippen LogP contribution in [0, 0.1) is 0 Å². The normalized spacial score (nSPS) is 17.5. The molecule has 1 atom stereocenters. The van der Waals surface area contributed by atoms with Gasteiger partial charge in [-0.2, -0.15) is 0 Å². The number of carbonyl (C=O) groups is 2. The predicted molar refractivity (Wildman–Crippen MR) is 86.5 cm³/mol. The van der Waals surface area contributed by atoms with Crippen LogP contribution in [0.15, 0.2) is 53.1 Å². The summed E-state index contributed by atoms with van der Waals surface area (Å²) in [4.78, 5) is 25.1. The molecule has 2 amide bonds. The van der Waals surface area contributed by atoms with Gasteiger partial charge in [0.25, 0.3) is 0 Å². The number of amides is 2. The fourth-order valence-corrected chi connectivity index (χ4v) is 2.63. The highest BCUT2D eigenvalue weighted by Gasteiger charge is 2.31. The smallest absolute Gasteiger partial charge is 0.338 e. The Labute approximate surface area is 133 Å². The van der Waals surface area contributed by atoms with Crippen molar-refractivity contribution >= 4 is 23.8 Å². The van der Waals surface area contributed by atoms with Gasteiger partial charge in [0.15, 0.2) is 0 Å². The standard InChI is InChI=1S/C16H18N2O3S/c1-4-9-21-15(19)13-10(2)17-16(20)18-14(13)11-5-7-12(22-3)8-6-11/h4-8,14H,1,9H2,2-3H3,(H2,17,18,20). The van der Waals surface area contributed by atoms with Gasteiger partial charge in [0.2, 0.25) is 0 Å². The molecule has 1 aliphatic rings. The van der Waals surface area contributed by atoms with E-state index in [0.29, 0.717) is 11.3 Å². The largest absolute Gasteiger partial charge is 0.458 e. The summed E-state index contributed by atoms with van der Waals surface area (Å²) < 4.78 is 5.12. The molecule has 0 fully saturated rings. The van der Waals surface area contributed by atoms with Crippen LogP contribution in [0.25, 0.3) is 0 Å². The molecular weight excluding hydrogens is 300 g/mol. The van der Waals surface area contributed by atoms with Crippen LogP contribution in [0.5, 0.6) is 0 Å². The molecule has 1 heterocycles. The number of thioether (sulfide) groups is 1. The third kappa shape index (κ3) is 3.51. The number of rotatable bonds is 5. The Morgan fingerprint density at radius 3 is 2.68 bits per heavy atom. The third-order valence-electron chi connectivity index (χ3n) is 3.27. The first-order chi connectivity index (χ1) is 10.6. The Kier molecular flexibility index (Phi) is 5.27. The zero-order valence-electron chi connectivity index (χ0n) is 12.5. The van der Waals surface area contributed by atoms with E-state index in [1.165, 1.54) is 6.08 Å². The minimum absolute atomic E-state index is 0.127. The van der Waals surface area contributed by atoms with E-state index in [1.807, 2.05) is 30.5 Å². The second-order valence-electron chi connectivity index (χ2n) is 4.73. The number of ether oxygens (including phenoxy) is 1. The number of hydrogen-bond donors (Lipinski definition) is 2. The van der Waals surface area contributed by atoms with E-state index >= 15 is 0 Å². The van der Waals surface area contributed by atoms with E-state index in [0.717, 1.165) is 10.5 Å². The van der Waals surface area contributed by atoms with Crippen molar-refractivity contribution in [1.82, 2.24) is 10.6 Å². The number of carbonyl (C=O) groups excluding carboxylic acids is 2. The quantitative estimate of drug-likeness (QED) is 0.498. The molecule has 0 radical (unpaired) electrons. The Bertz CT molecular complexity index is 623. The lowest BCUT2D eigenvalue weighted by molar-refractivity contribution is -0.138. The minimum Gasteiger partial charge on any atom is -0.458 e. The molecule has 0 aliphatic carbocycles. The average Bonchev–Trinajstić information content (AvgIpc) is 2.52. The second-order valence-corrected chi connectivity index (χ2v) is 5.61. The SMILES string of the molecule is C=CCOC(=O)C1=C(C)NC(=O)NC1c1ccc(SC)cc1. The maximum atomic E-state index is 12.3. The van der Waals surface area contributed by atoms with Gasteiger partial charge in [-0.1, -0.05) is 24.8 Å². The van der Waals surface area contributed by atoms with E-state index in [2.05, 4.69) is 17.2 Å². The van der Waals surface area contributed by atoms with Gasteiger partial charge in [-0.25, -0.2) is 9.59 Å². The first kappa shape index (κ1) is 16.2. The monoisotopic (exact) mass is 318 g/mol. The highest BCUT2D eigenvalue weighted by atomic mass is 32.2. The summed E-state index contributed by atoms with van der Waals surface area (Å²) in [5, 5.41) is 5.37. The number of nitrogens with one attached hydrogen (secondary N) is 2. The van der Waals surface area contributed by atoms with Crippen molar-refractivity contribution < 1.29 is 14.3 Å². The summed E-state index contributed by atoms with van der Waals surface area (Å²) in [6, 6.07) is 6.84. The Morgan fingerprint density at radius 2 is 2.09 bits per heavy atom. The number of esters is 1. The molecule has 1 aliphatic heterocycles. The Morgan fingerprint density at radius 1 is 1.41 bits per heavy atom. The van der Waals surface area contributed by atoms with Gasteiger partial charge in [0.1, 0.15) is 6.61 Å². The van der Waals surface area contributed by atoms with Crippen LogP contribution >= 0.6 is 11.8 Å². The summed E-state index contributed by atoms with van der Waals surface area (Å²) in [6.07, 6.45) is 3.49. The zero-order valence-corrected chi connectivity index (χ0v) is 13.3. The topological polar surface area (TPSA) is 67.4 Å². The molecule has 5 nitrogen and oxygen atoms in total.